The lowest BCUT2D eigenvalue weighted by Crippen LogP contribution is -2.01. The minimum atomic E-state index is 0.612. The molecule has 0 bridgehead atoms. The van der Waals surface area contributed by atoms with E-state index in [1.165, 1.54) is 0 Å². The summed E-state index contributed by atoms with van der Waals surface area (Å²) in [6.07, 6.45) is 0. The van der Waals surface area contributed by atoms with Gasteiger partial charge in [-0.05, 0) is 31.5 Å². The van der Waals surface area contributed by atoms with E-state index in [1.54, 1.807) is 4.68 Å². The molecule has 2 aromatic rings. The van der Waals surface area contributed by atoms with Crippen LogP contribution in [0.25, 0.3) is 0 Å². The fourth-order valence-electron chi connectivity index (χ4n) is 1.82. The Morgan fingerprint density at radius 3 is 2.56 bits per heavy atom. The van der Waals surface area contributed by atoms with Crippen molar-refractivity contribution in [3.8, 4) is 0 Å². The number of halogens is 2. The summed E-state index contributed by atoms with van der Waals surface area (Å²) in [5, 5.41) is 8.92. The van der Waals surface area contributed by atoms with Crippen LogP contribution < -0.4 is 5.32 Å². The highest BCUT2D eigenvalue weighted by atomic mass is 35.5. The molecular formula is C13H15Cl2N3. The second-order valence-electron chi connectivity index (χ2n) is 4.32. The van der Waals surface area contributed by atoms with E-state index >= 15 is 0 Å². The molecule has 3 nitrogen and oxygen atoms in total. The molecule has 1 N–H and O–H groups in total. The van der Waals surface area contributed by atoms with E-state index < -0.39 is 0 Å². The number of aryl methyl sites for hydroxylation is 3. The molecule has 2 rings (SSSR count). The smallest absolute Gasteiger partial charge is 0.131 e. The Labute approximate surface area is 117 Å². The third-order valence-electron chi connectivity index (χ3n) is 2.85. The van der Waals surface area contributed by atoms with Gasteiger partial charge in [0.05, 0.1) is 16.4 Å². The van der Waals surface area contributed by atoms with Crippen molar-refractivity contribution in [1.82, 2.24) is 9.78 Å². The van der Waals surface area contributed by atoms with Crippen molar-refractivity contribution < 1.29 is 0 Å². The zero-order chi connectivity index (χ0) is 13.3. The predicted octanol–water partition coefficient (Wildman–Crippen LogP) is 3.96. The van der Waals surface area contributed by atoms with Gasteiger partial charge in [-0.25, -0.2) is 0 Å². The monoisotopic (exact) mass is 283 g/mol. The van der Waals surface area contributed by atoms with Gasteiger partial charge in [0.25, 0.3) is 0 Å². The Morgan fingerprint density at radius 2 is 2.00 bits per heavy atom. The van der Waals surface area contributed by atoms with Crippen molar-refractivity contribution in [2.75, 3.05) is 5.32 Å². The van der Waals surface area contributed by atoms with Gasteiger partial charge in [0.1, 0.15) is 5.15 Å². The molecular weight excluding hydrogens is 269 g/mol. The molecule has 5 heteroatoms. The molecule has 0 spiro atoms. The maximum Gasteiger partial charge on any atom is 0.131 e. The summed E-state index contributed by atoms with van der Waals surface area (Å²) in [4.78, 5) is 0. The average molecular weight is 284 g/mol. The third-order valence-corrected chi connectivity index (χ3v) is 3.64. The molecule has 0 aliphatic rings. The van der Waals surface area contributed by atoms with Crippen LogP contribution in [0.4, 0.5) is 5.69 Å². The number of hydrogen-bond donors (Lipinski definition) is 1. The van der Waals surface area contributed by atoms with Crippen LogP contribution in [-0.4, -0.2) is 9.78 Å². The first-order valence-electron chi connectivity index (χ1n) is 5.67. The van der Waals surface area contributed by atoms with E-state index in [0.717, 1.165) is 22.5 Å². The number of anilines is 1. The molecule has 1 aromatic heterocycles. The van der Waals surface area contributed by atoms with Crippen LogP contribution in [-0.2, 0) is 13.6 Å². The highest BCUT2D eigenvalue weighted by Gasteiger charge is 2.11. The molecule has 0 saturated heterocycles. The van der Waals surface area contributed by atoms with Crippen molar-refractivity contribution in [1.29, 1.82) is 0 Å². The van der Waals surface area contributed by atoms with Gasteiger partial charge in [0.2, 0.25) is 0 Å². The summed E-state index contributed by atoms with van der Waals surface area (Å²) in [6, 6.07) is 5.92. The molecule has 0 unspecified atom stereocenters. The minimum Gasteiger partial charge on any atom is -0.380 e. The van der Waals surface area contributed by atoms with Crippen LogP contribution in [0.15, 0.2) is 18.2 Å². The Balaban J connectivity index is 2.16. The molecule has 0 radical (unpaired) electrons. The van der Waals surface area contributed by atoms with E-state index in [-0.39, 0.29) is 0 Å². The molecule has 0 aliphatic heterocycles. The first kappa shape index (κ1) is 13.2. The number of benzene rings is 1. The Bertz CT molecular complexity index is 576. The summed E-state index contributed by atoms with van der Waals surface area (Å²) in [5.41, 5.74) is 3.97. The van der Waals surface area contributed by atoms with Crippen molar-refractivity contribution in [2.24, 2.45) is 7.05 Å². The SMILES string of the molecule is Cc1ccc(NCc2c(C)nn(C)c2Cl)c(Cl)c1. The fourth-order valence-corrected chi connectivity index (χ4v) is 2.37. The first-order valence-corrected chi connectivity index (χ1v) is 6.42. The highest BCUT2D eigenvalue weighted by Crippen LogP contribution is 2.25. The molecule has 0 aliphatic carbocycles. The highest BCUT2D eigenvalue weighted by molar-refractivity contribution is 6.33. The maximum atomic E-state index is 6.17. The topological polar surface area (TPSA) is 29.9 Å². The average Bonchev–Trinajstić information content (AvgIpc) is 2.53. The number of hydrogen-bond acceptors (Lipinski definition) is 2. The molecule has 1 aromatic carbocycles. The summed E-state index contributed by atoms with van der Waals surface area (Å²) in [7, 11) is 1.83. The van der Waals surface area contributed by atoms with Crippen LogP contribution in [0.1, 0.15) is 16.8 Å². The lowest BCUT2D eigenvalue weighted by atomic mass is 10.2. The number of nitrogens with one attached hydrogen (secondary N) is 1. The van der Waals surface area contributed by atoms with Gasteiger partial charge in [0.15, 0.2) is 0 Å². The van der Waals surface area contributed by atoms with Crippen LogP contribution in [0.3, 0.4) is 0 Å². The number of rotatable bonds is 3. The van der Waals surface area contributed by atoms with Crippen LogP contribution in [0.5, 0.6) is 0 Å². The largest absolute Gasteiger partial charge is 0.380 e. The van der Waals surface area contributed by atoms with E-state index in [1.807, 2.05) is 39.1 Å². The first-order chi connectivity index (χ1) is 8.49. The summed E-state index contributed by atoms with van der Waals surface area (Å²) in [5.74, 6) is 0. The molecule has 0 fully saturated rings. The number of nitrogens with zero attached hydrogens (tertiary/aromatic N) is 2. The quantitative estimate of drug-likeness (QED) is 0.924. The third kappa shape index (κ3) is 2.62. The fraction of sp³-hybridized carbons (Fsp3) is 0.308. The maximum absolute atomic E-state index is 6.17. The molecule has 1 heterocycles. The van der Waals surface area contributed by atoms with E-state index in [4.69, 9.17) is 23.2 Å². The van der Waals surface area contributed by atoms with Gasteiger partial charge in [-0.3, -0.25) is 4.68 Å². The second kappa shape index (κ2) is 5.21. The van der Waals surface area contributed by atoms with E-state index in [9.17, 15) is 0 Å². The van der Waals surface area contributed by atoms with Crippen LogP contribution >= 0.6 is 23.2 Å². The van der Waals surface area contributed by atoms with Gasteiger partial charge >= 0.3 is 0 Å². The molecule has 96 valence electrons. The van der Waals surface area contributed by atoms with Crippen molar-refractivity contribution in [2.45, 2.75) is 20.4 Å². The second-order valence-corrected chi connectivity index (χ2v) is 5.08. The van der Waals surface area contributed by atoms with Gasteiger partial charge in [-0.1, -0.05) is 29.3 Å². The van der Waals surface area contributed by atoms with Crippen LogP contribution in [0, 0.1) is 13.8 Å². The standard InChI is InChI=1S/C13H15Cl2N3/c1-8-4-5-12(11(14)6-8)16-7-10-9(2)17-18(3)13(10)15/h4-6,16H,7H2,1-3H3. The van der Waals surface area contributed by atoms with Crippen molar-refractivity contribution in [3.05, 3.63) is 45.2 Å². The minimum absolute atomic E-state index is 0.612. The lowest BCUT2D eigenvalue weighted by molar-refractivity contribution is 0.757. The lowest BCUT2D eigenvalue weighted by Gasteiger charge is -2.09. The van der Waals surface area contributed by atoms with Gasteiger partial charge in [-0.15, -0.1) is 0 Å². The predicted molar refractivity (Wildman–Crippen MR) is 76.5 cm³/mol. The van der Waals surface area contributed by atoms with Crippen molar-refractivity contribution in [3.63, 3.8) is 0 Å². The Hall–Kier alpha value is -1.19. The van der Waals surface area contributed by atoms with Crippen molar-refractivity contribution >= 4 is 28.9 Å². The molecule has 0 amide bonds. The Kier molecular flexibility index (Phi) is 3.83. The van der Waals surface area contributed by atoms with Crippen LogP contribution in [0.2, 0.25) is 10.2 Å². The van der Waals surface area contributed by atoms with Gasteiger partial charge in [0, 0.05) is 19.2 Å². The normalized spacial score (nSPS) is 10.7. The molecule has 0 atom stereocenters. The van der Waals surface area contributed by atoms with E-state index in [0.29, 0.717) is 16.7 Å². The number of aromatic nitrogens is 2. The van der Waals surface area contributed by atoms with E-state index in [2.05, 4.69) is 10.4 Å². The zero-order valence-electron chi connectivity index (χ0n) is 10.6. The molecule has 18 heavy (non-hydrogen) atoms. The summed E-state index contributed by atoms with van der Waals surface area (Å²) < 4.78 is 1.67. The Morgan fingerprint density at radius 1 is 1.28 bits per heavy atom. The van der Waals surface area contributed by atoms with Gasteiger partial charge < -0.3 is 5.32 Å². The summed E-state index contributed by atoms with van der Waals surface area (Å²) >= 11 is 12.3. The zero-order valence-corrected chi connectivity index (χ0v) is 12.1. The van der Waals surface area contributed by atoms with Gasteiger partial charge in [-0.2, -0.15) is 5.10 Å². The molecule has 0 saturated carbocycles. The summed E-state index contributed by atoms with van der Waals surface area (Å²) in [6.45, 7) is 4.57.